The van der Waals surface area contributed by atoms with E-state index in [9.17, 15) is 4.79 Å². The SMILES string of the molecule is CCNC(=NCCc1ccco1)NCCNC(=O)C1CCCCC1. The third-order valence-electron chi connectivity index (χ3n) is 4.25. The summed E-state index contributed by atoms with van der Waals surface area (Å²) >= 11 is 0. The Bertz CT molecular complexity index is 493. The second-order valence-electron chi connectivity index (χ2n) is 6.14. The Kier molecular flexibility index (Phi) is 8.21. The summed E-state index contributed by atoms with van der Waals surface area (Å²) < 4.78 is 5.30. The molecule has 134 valence electrons. The van der Waals surface area contributed by atoms with E-state index in [0.717, 1.165) is 37.5 Å². The highest BCUT2D eigenvalue weighted by Gasteiger charge is 2.20. The lowest BCUT2D eigenvalue weighted by Crippen LogP contribution is -2.42. The van der Waals surface area contributed by atoms with Crippen molar-refractivity contribution in [2.45, 2.75) is 45.4 Å². The largest absolute Gasteiger partial charge is 0.469 e. The number of nitrogens with zero attached hydrogens (tertiary/aromatic N) is 1. The first-order valence-electron chi connectivity index (χ1n) is 9.12. The Hall–Kier alpha value is -1.98. The van der Waals surface area contributed by atoms with Crippen LogP contribution in [0.5, 0.6) is 0 Å². The molecule has 1 aliphatic carbocycles. The highest BCUT2D eigenvalue weighted by Crippen LogP contribution is 2.23. The van der Waals surface area contributed by atoms with Crippen LogP contribution < -0.4 is 16.0 Å². The molecule has 0 atom stereocenters. The standard InChI is InChI=1S/C18H30N4O2/c1-2-19-18(21-11-10-16-9-6-14-24-16)22-13-12-20-17(23)15-7-4-3-5-8-15/h6,9,14-15H,2-5,7-8,10-13H2,1H3,(H,20,23)(H2,19,21,22). The third kappa shape index (κ3) is 6.64. The summed E-state index contributed by atoms with van der Waals surface area (Å²) in [7, 11) is 0. The molecule has 0 unspecified atom stereocenters. The quantitative estimate of drug-likeness (QED) is 0.386. The lowest BCUT2D eigenvalue weighted by atomic mass is 9.89. The maximum absolute atomic E-state index is 12.1. The number of nitrogens with one attached hydrogen (secondary N) is 3. The predicted molar refractivity (Wildman–Crippen MR) is 96.0 cm³/mol. The number of aliphatic imine (C=N–C) groups is 1. The zero-order valence-electron chi connectivity index (χ0n) is 14.6. The van der Waals surface area contributed by atoms with Crippen LogP contribution in [0.15, 0.2) is 27.8 Å². The minimum Gasteiger partial charge on any atom is -0.469 e. The number of hydrogen-bond acceptors (Lipinski definition) is 3. The number of carbonyl (C=O) groups is 1. The number of rotatable bonds is 8. The summed E-state index contributed by atoms with van der Waals surface area (Å²) in [6, 6.07) is 3.84. The average Bonchev–Trinajstić information content (AvgIpc) is 3.12. The van der Waals surface area contributed by atoms with E-state index in [1.54, 1.807) is 6.26 Å². The number of furan rings is 1. The fraction of sp³-hybridized carbons (Fsp3) is 0.667. The van der Waals surface area contributed by atoms with Gasteiger partial charge in [-0.2, -0.15) is 0 Å². The molecule has 24 heavy (non-hydrogen) atoms. The smallest absolute Gasteiger partial charge is 0.223 e. The lowest BCUT2D eigenvalue weighted by Gasteiger charge is -2.21. The highest BCUT2D eigenvalue weighted by atomic mass is 16.3. The molecule has 0 spiro atoms. The van der Waals surface area contributed by atoms with Crippen LogP contribution in [0, 0.1) is 5.92 Å². The van der Waals surface area contributed by atoms with Gasteiger partial charge in [-0.25, -0.2) is 0 Å². The molecule has 6 nitrogen and oxygen atoms in total. The van der Waals surface area contributed by atoms with Gasteiger partial charge in [-0.15, -0.1) is 0 Å². The van der Waals surface area contributed by atoms with Crippen molar-refractivity contribution in [2.75, 3.05) is 26.2 Å². The normalized spacial score (nSPS) is 16.0. The van der Waals surface area contributed by atoms with E-state index in [0.29, 0.717) is 19.6 Å². The minimum absolute atomic E-state index is 0.205. The molecule has 0 aromatic carbocycles. The highest BCUT2D eigenvalue weighted by molar-refractivity contribution is 5.80. The molecule has 1 saturated carbocycles. The van der Waals surface area contributed by atoms with Crippen LogP contribution in [0.4, 0.5) is 0 Å². The van der Waals surface area contributed by atoms with Crippen molar-refractivity contribution < 1.29 is 9.21 Å². The van der Waals surface area contributed by atoms with Gasteiger partial charge in [0.15, 0.2) is 5.96 Å². The monoisotopic (exact) mass is 334 g/mol. The van der Waals surface area contributed by atoms with Crippen LogP contribution in [0.2, 0.25) is 0 Å². The van der Waals surface area contributed by atoms with E-state index in [1.807, 2.05) is 19.1 Å². The molecular weight excluding hydrogens is 304 g/mol. The number of guanidine groups is 1. The van der Waals surface area contributed by atoms with E-state index in [4.69, 9.17) is 4.42 Å². The molecule has 6 heteroatoms. The average molecular weight is 334 g/mol. The first-order chi connectivity index (χ1) is 11.8. The Labute approximate surface area is 144 Å². The Morgan fingerprint density at radius 3 is 2.71 bits per heavy atom. The number of hydrogen-bond donors (Lipinski definition) is 3. The van der Waals surface area contributed by atoms with Crippen LogP contribution >= 0.6 is 0 Å². The van der Waals surface area contributed by atoms with Crippen molar-refractivity contribution in [1.82, 2.24) is 16.0 Å². The fourth-order valence-electron chi connectivity index (χ4n) is 2.95. The van der Waals surface area contributed by atoms with Crippen LogP contribution in [-0.4, -0.2) is 38.0 Å². The fourth-order valence-corrected chi connectivity index (χ4v) is 2.95. The first kappa shape index (κ1) is 18.4. The van der Waals surface area contributed by atoms with Gasteiger partial charge in [0.1, 0.15) is 5.76 Å². The molecule has 1 aromatic heterocycles. The second-order valence-corrected chi connectivity index (χ2v) is 6.14. The maximum Gasteiger partial charge on any atom is 0.223 e. The number of carbonyl (C=O) groups excluding carboxylic acids is 1. The van der Waals surface area contributed by atoms with Crippen LogP contribution in [0.3, 0.4) is 0 Å². The topological polar surface area (TPSA) is 78.7 Å². The van der Waals surface area contributed by atoms with E-state index in [-0.39, 0.29) is 11.8 Å². The van der Waals surface area contributed by atoms with Gasteiger partial charge in [0.25, 0.3) is 0 Å². The van der Waals surface area contributed by atoms with Gasteiger partial charge in [0.05, 0.1) is 6.26 Å². The first-order valence-corrected chi connectivity index (χ1v) is 9.12. The molecule has 0 aliphatic heterocycles. The summed E-state index contributed by atoms with van der Waals surface area (Å²) in [6.07, 6.45) is 8.17. The molecular formula is C18H30N4O2. The predicted octanol–water partition coefficient (Wildman–Crippen LogP) is 2.07. The van der Waals surface area contributed by atoms with Crippen molar-refractivity contribution in [3.8, 4) is 0 Å². The van der Waals surface area contributed by atoms with Gasteiger partial charge in [-0.05, 0) is 31.9 Å². The van der Waals surface area contributed by atoms with E-state index >= 15 is 0 Å². The van der Waals surface area contributed by atoms with Crippen molar-refractivity contribution in [3.05, 3.63) is 24.2 Å². The van der Waals surface area contributed by atoms with Crippen LogP contribution in [0.1, 0.15) is 44.8 Å². The molecule has 3 N–H and O–H groups in total. The van der Waals surface area contributed by atoms with E-state index < -0.39 is 0 Å². The zero-order valence-corrected chi connectivity index (χ0v) is 14.6. The van der Waals surface area contributed by atoms with Gasteiger partial charge in [0.2, 0.25) is 5.91 Å². The molecule has 0 saturated heterocycles. The van der Waals surface area contributed by atoms with Gasteiger partial charge in [0, 0.05) is 38.5 Å². The molecule has 1 aliphatic rings. The van der Waals surface area contributed by atoms with E-state index in [2.05, 4.69) is 20.9 Å². The van der Waals surface area contributed by atoms with Gasteiger partial charge in [-0.1, -0.05) is 19.3 Å². The van der Waals surface area contributed by atoms with Crippen molar-refractivity contribution in [2.24, 2.45) is 10.9 Å². The molecule has 2 rings (SSSR count). The molecule has 1 heterocycles. The van der Waals surface area contributed by atoms with Crippen LogP contribution in [0.25, 0.3) is 0 Å². The zero-order chi connectivity index (χ0) is 17.0. The molecule has 1 fully saturated rings. The summed E-state index contributed by atoms with van der Waals surface area (Å²) in [4.78, 5) is 16.6. The molecule has 1 amide bonds. The summed E-state index contributed by atoms with van der Waals surface area (Å²) in [6.45, 7) is 4.80. The van der Waals surface area contributed by atoms with Gasteiger partial charge in [-0.3, -0.25) is 9.79 Å². The third-order valence-corrected chi connectivity index (χ3v) is 4.25. The molecule has 1 aromatic rings. The Balaban J connectivity index is 1.64. The number of amides is 1. The second kappa shape index (κ2) is 10.7. The van der Waals surface area contributed by atoms with Crippen molar-refractivity contribution in [1.29, 1.82) is 0 Å². The maximum atomic E-state index is 12.1. The Morgan fingerprint density at radius 1 is 1.21 bits per heavy atom. The molecule has 0 bridgehead atoms. The summed E-state index contributed by atoms with van der Waals surface area (Å²) in [5.74, 6) is 2.13. The Morgan fingerprint density at radius 2 is 2.00 bits per heavy atom. The summed E-state index contributed by atoms with van der Waals surface area (Å²) in [5, 5.41) is 9.49. The minimum atomic E-state index is 0.205. The van der Waals surface area contributed by atoms with Crippen molar-refractivity contribution >= 4 is 11.9 Å². The van der Waals surface area contributed by atoms with Crippen LogP contribution in [-0.2, 0) is 11.2 Å². The van der Waals surface area contributed by atoms with Crippen molar-refractivity contribution in [3.63, 3.8) is 0 Å². The molecule has 0 radical (unpaired) electrons. The lowest BCUT2D eigenvalue weighted by molar-refractivity contribution is -0.125. The van der Waals surface area contributed by atoms with Gasteiger partial charge < -0.3 is 20.4 Å². The summed E-state index contributed by atoms with van der Waals surface area (Å²) in [5.41, 5.74) is 0. The van der Waals surface area contributed by atoms with Gasteiger partial charge >= 0.3 is 0 Å². The van der Waals surface area contributed by atoms with E-state index in [1.165, 1.54) is 19.3 Å².